The molecule has 1 aromatic heterocycles. The quantitative estimate of drug-likeness (QED) is 0.913. The number of amides is 2. The Morgan fingerprint density at radius 1 is 1.35 bits per heavy atom. The molecule has 0 aromatic carbocycles. The first-order chi connectivity index (χ1) is 10.7. The Hall–Kier alpha value is -2.31. The van der Waals surface area contributed by atoms with Gasteiger partial charge in [-0.25, -0.2) is 9.78 Å². The van der Waals surface area contributed by atoms with Gasteiger partial charge in [0.2, 0.25) is 0 Å². The summed E-state index contributed by atoms with van der Waals surface area (Å²) in [6, 6.07) is 3.76. The number of anilines is 1. The summed E-state index contributed by atoms with van der Waals surface area (Å²) in [6.07, 6.45) is 1.39. The van der Waals surface area contributed by atoms with Crippen molar-refractivity contribution in [3.8, 4) is 0 Å². The molecule has 0 spiro atoms. The van der Waals surface area contributed by atoms with Crippen molar-refractivity contribution in [2.45, 2.75) is 32.4 Å². The second-order valence-corrected chi connectivity index (χ2v) is 6.63. The fourth-order valence-electron chi connectivity index (χ4n) is 2.24. The summed E-state index contributed by atoms with van der Waals surface area (Å²) in [6.45, 7) is 6.79. The van der Waals surface area contributed by atoms with Crippen LogP contribution in [0.5, 0.6) is 0 Å². The number of aromatic nitrogens is 1. The van der Waals surface area contributed by atoms with E-state index < -0.39 is 5.60 Å². The number of nitrogens with zero attached hydrogens (tertiary/aromatic N) is 3. The van der Waals surface area contributed by atoms with Crippen molar-refractivity contribution in [2.75, 3.05) is 32.1 Å². The van der Waals surface area contributed by atoms with E-state index in [4.69, 9.17) is 4.74 Å². The minimum atomic E-state index is -0.478. The summed E-state index contributed by atoms with van der Waals surface area (Å²) in [4.78, 5) is 31.3. The molecule has 1 N–H and O–H groups in total. The first-order valence-electron chi connectivity index (χ1n) is 7.60. The monoisotopic (exact) mass is 320 g/mol. The van der Waals surface area contributed by atoms with Gasteiger partial charge in [0.05, 0.1) is 17.9 Å². The number of rotatable bonds is 3. The van der Waals surface area contributed by atoms with E-state index >= 15 is 0 Å². The molecule has 2 rings (SSSR count). The number of hydrogen-bond acceptors (Lipinski definition) is 5. The summed E-state index contributed by atoms with van der Waals surface area (Å²) in [5.74, 6) is -0.209. The van der Waals surface area contributed by atoms with Gasteiger partial charge in [-0.05, 0) is 32.9 Å². The van der Waals surface area contributed by atoms with Crippen LogP contribution < -0.4 is 10.2 Å². The van der Waals surface area contributed by atoms with Gasteiger partial charge in [-0.1, -0.05) is 0 Å². The SMILES string of the molecule is CNC(=O)c1ccc(N(C)C2CN(C(=O)OC(C)(C)C)C2)cn1. The van der Waals surface area contributed by atoms with E-state index in [-0.39, 0.29) is 18.0 Å². The number of carbonyl (C=O) groups is 2. The second-order valence-electron chi connectivity index (χ2n) is 6.63. The fourth-order valence-corrected chi connectivity index (χ4v) is 2.24. The predicted octanol–water partition coefficient (Wildman–Crippen LogP) is 1.50. The standard InChI is InChI=1S/C16H24N4O3/c1-16(2,3)23-15(22)20-9-12(10-20)19(5)11-6-7-13(18-8-11)14(21)17-4/h6-8,12H,9-10H2,1-5H3,(H,17,21). The average Bonchev–Trinajstić information content (AvgIpc) is 2.43. The Kier molecular flexibility index (Phi) is 4.77. The summed E-state index contributed by atoms with van der Waals surface area (Å²) in [5, 5.41) is 2.54. The van der Waals surface area contributed by atoms with Crippen LogP contribution in [0.3, 0.4) is 0 Å². The van der Waals surface area contributed by atoms with Gasteiger partial charge in [0.1, 0.15) is 11.3 Å². The Morgan fingerprint density at radius 2 is 2.00 bits per heavy atom. The van der Waals surface area contributed by atoms with E-state index in [2.05, 4.69) is 15.2 Å². The van der Waals surface area contributed by atoms with E-state index in [9.17, 15) is 9.59 Å². The molecule has 7 nitrogen and oxygen atoms in total. The van der Waals surface area contributed by atoms with E-state index in [0.717, 1.165) is 5.69 Å². The minimum Gasteiger partial charge on any atom is -0.444 e. The lowest BCUT2D eigenvalue weighted by molar-refractivity contribution is 0.00850. The maximum absolute atomic E-state index is 11.9. The number of carbonyl (C=O) groups excluding carboxylic acids is 2. The zero-order valence-corrected chi connectivity index (χ0v) is 14.3. The lowest BCUT2D eigenvalue weighted by atomic mass is 10.1. The third-order valence-corrected chi connectivity index (χ3v) is 3.68. The lowest BCUT2D eigenvalue weighted by Crippen LogP contribution is -2.61. The van der Waals surface area contributed by atoms with Gasteiger partial charge in [-0.15, -0.1) is 0 Å². The molecular weight excluding hydrogens is 296 g/mol. The first-order valence-corrected chi connectivity index (χ1v) is 7.60. The topological polar surface area (TPSA) is 74.8 Å². The predicted molar refractivity (Wildman–Crippen MR) is 87.6 cm³/mol. The number of likely N-dealkylation sites (tertiary alicyclic amines) is 1. The Morgan fingerprint density at radius 3 is 2.48 bits per heavy atom. The lowest BCUT2D eigenvalue weighted by Gasteiger charge is -2.44. The molecule has 1 aliphatic rings. The van der Waals surface area contributed by atoms with Crippen LogP contribution in [0, 0.1) is 0 Å². The van der Waals surface area contributed by atoms with Gasteiger partial charge in [0.15, 0.2) is 0 Å². The van der Waals surface area contributed by atoms with Crippen LogP contribution in [0.4, 0.5) is 10.5 Å². The molecule has 1 aromatic rings. The highest BCUT2D eigenvalue weighted by Crippen LogP contribution is 2.22. The van der Waals surface area contributed by atoms with E-state index in [1.54, 1.807) is 24.2 Å². The van der Waals surface area contributed by atoms with Crippen LogP contribution in [-0.4, -0.2) is 60.7 Å². The van der Waals surface area contributed by atoms with Crippen molar-refractivity contribution in [3.05, 3.63) is 24.0 Å². The van der Waals surface area contributed by atoms with Crippen LogP contribution in [-0.2, 0) is 4.74 Å². The zero-order valence-electron chi connectivity index (χ0n) is 14.3. The number of nitrogens with one attached hydrogen (secondary N) is 1. The molecule has 1 fully saturated rings. The fraction of sp³-hybridized carbons (Fsp3) is 0.562. The maximum Gasteiger partial charge on any atom is 0.410 e. The smallest absolute Gasteiger partial charge is 0.410 e. The molecule has 0 bridgehead atoms. The molecule has 1 saturated heterocycles. The largest absolute Gasteiger partial charge is 0.444 e. The highest BCUT2D eigenvalue weighted by atomic mass is 16.6. The molecule has 0 aliphatic carbocycles. The molecule has 7 heteroatoms. The Labute approximate surface area is 136 Å². The molecule has 23 heavy (non-hydrogen) atoms. The number of pyridine rings is 1. The van der Waals surface area contributed by atoms with Gasteiger partial charge in [-0.2, -0.15) is 0 Å². The van der Waals surface area contributed by atoms with E-state index in [0.29, 0.717) is 18.8 Å². The summed E-state index contributed by atoms with van der Waals surface area (Å²) in [5.41, 5.74) is 0.813. The number of ether oxygens (including phenoxy) is 1. The summed E-state index contributed by atoms with van der Waals surface area (Å²) >= 11 is 0. The molecule has 0 unspecified atom stereocenters. The normalized spacial score (nSPS) is 14.9. The van der Waals surface area contributed by atoms with Crippen molar-refractivity contribution >= 4 is 17.7 Å². The molecular formula is C16H24N4O3. The van der Waals surface area contributed by atoms with E-state index in [1.165, 1.54) is 0 Å². The van der Waals surface area contributed by atoms with Crippen molar-refractivity contribution in [1.82, 2.24) is 15.2 Å². The minimum absolute atomic E-state index is 0.209. The van der Waals surface area contributed by atoms with Crippen LogP contribution in [0.25, 0.3) is 0 Å². The highest BCUT2D eigenvalue weighted by Gasteiger charge is 2.36. The van der Waals surface area contributed by atoms with Crippen molar-refractivity contribution < 1.29 is 14.3 Å². The van der Waals surface area contributed by atoms with Gasteiger partial charge in [0, 0.05) is 27.2 Å². The first kappa shape index (κ1) is 17.1. The van der Waals surface area contributed by atoms with Crippen LogP contribution in [0.15, 0.2) is 18.3 Å². The Balaban J connectivity index is 1.90. The van der Waals surface area contributed by atoms with Crippen molar-refractivity contribution in [3.63, 3.8) is 0 Å². The number of hydrogen-bond donors (Lipinski definition) is 1. The van der Waals surface area contributed by atoms with Crippen LogP contribution >= 0.6 is 0 Å². The Bertz CT molecular complexity index is 574. The highest BCUT2D eigenvalue weighted by molar-refractivity contribution is 5.92. The van der Waals surface area contributed by atoms with E-state index in [1.807, 2.05) is 33.9 Å². The molecule has 0 saturated carbocycles. The zero-order chi connectivity index (χ0) is 17.2. The van der Waals surface area contributed by atoms with Crippen LogP contribution in [0.1, 0.15) is 31.3 Å². The molecule has 2 amide bonds. The third kappa shape index (κ3) is 4.12. The summed E-state index contributed by atoms with van der Waals surface area (Å²) < 4.78 is 5.34. The maximum atomic E-state index is 11.9. The summed E-state index contributed by atoms with van der Waals surface area (Å²) in [7, 11) is 3.53. The number of likely N-dealkylation sites (N-methyl/N-ethyl adjacent to an activating group) is 1. The molecule has 0 atom stereocenters. The van der Waals surface area contributed by atoms with Crippen molar-refractivity contribution in [2.24, 2.45) is 0 Å². The van der Waals surface area contributed by atoms with Gasteiger partial charge in [-0.3, -0.25) is 4.79 Å². The van der Waals surface area contributed by atoms with Crippen molar-refractivity contribution in [1.29, 1.82) is 0 Å². The molecule has 1 aliphatic heterocycles. The second kappa shape index (κ2) is 6.44. The van der Waals surface area contributed by atoms with Gasteiger partial charge < -0.3 is 19.9 Å². The van der Waals surface area contributed by atoms with Gasteiger partial charge in [0.25, 0.3) is 5.91 Å². The molecule has 126 valence electrons. The molecule has 2 heterocycles. The average molecular weight is 320 g/mol. The van der Waals surface area contributed by atoms with Crippen LogP contribution in [0.2, 0.25) is 0 Å². The third-order valence-electron chi connectivity index (χ3n) is 3.68. The van der Waals surface area contributed by atoms with Gasteiger partial charge >= 0.3 is 6.09 Å². The molecule has 0 radical (unpaired) electrons.